The molecule has 15 heavy (non-hydrogen) atoms. The maximum absolute atomic E-state index is 8.89. The second-order valence-corrected chi connectivity index (χ2v) is 4.41. The van der Waals surface area contributed by atoms with Gasteiger partial charge in [0, 0.05) is 30.1 Å². The third kappa shape index (κ3) is 3.40. The van der Waals surface area contributed by atoms with Crippen molar-refractivity contribution in [3.63, 3.8) is 0 Å². The highest BCUT2D eigenvalue weighted by Crippen LogP contribution is 2.19. The molecule has 0 aliphatic rings. The number of pyridine rings is 1. The second kappa shape index (κ2) is 4.49. The minimum atomic E-state index is -0.177. The normalized spacial score (nSPS) is 11.5. The second-order valence-electron chi connectivity index (χ2n) is 4.41. The van der Waals surface area contributed by atoms with Crippen molar-refractivity contribution in [2.24, 2.45) is 0 Å². The fourth-order valence-corrected chi connectivity index (χ4v) is 1.30. The van der Waals surface area contributed by atoms with Gasteiger partial charge in [0.15, 0.2) is 0 Å². The van der Waals surface area contributed by atoms with E-state index < -0.39 is 0 Å². The largest absolute Gasteiger partial charge is 0.398 e. The molecule has 0 unspecified atom stereocenters. The van der Waals surface area contributed by atoms with Gasteiger partial charge in [0.05, 0.1) is 0 Å². The van der Waals surface area contributed by atoms with Gasteiger partial charge in [-0.3, -0.25) is 0 Å². The van der Waals surface area contributed by atoms with Crippen molar-refractivity contribution < 1.29 is 5.11 Å². The molecular weight excluding hydrogens is 190 g/mol. The summed E-state index contributed by atoms with van der Waals surface area (Å²) < 4.78 is 0. The van der Waals surface area contributed by atoms with Crippen molar-refractivity contribution in [2.45, 2.75) is 32.7 Å². The van der Waals surface area contributed by atoms with Crippen LogP contribution in [0.5, 0.6) is 0 Å². The van der Waals surface area contributed by atoms with E-state index in [9.17, 15) is 0 Å². The van der Waals surface area contributed by atoms with Crippen LogP contribution in [0.25, 0.3) is 0 Å². The minimum Gasteiger partial charge on any atom is -0.398 e. The summed E-state index contributed by atoms with van der Waals surface area (Å²) in [5.41, 5.74) is 7.31. The summed E-state index contributed by atoms with van der Waals surface area (Å²) in [5, 5.41) is 12.1. The predicted molar refractivity (Wildman–Crippen MR) is 62.8 cm³/mol. The number of aliphatic hydroxyl groups is 1. The molecule has 0 aliphatic heterocycles. The molecule has 4 heteroatoms. The molecule has 0 spiro atoms. The van der Waals surface area contributed by atoms with Crippen molar-refractivity contribution in [3.05, 3.63) is 17.8 Å². The molecular formula is C11H19N3O. The summed E-state index contributed by atoms with van der Waals surface area (Å²) >= 11 is 0. The van der Waals surface area contributed by atoms with Crippen LogP contribution in [-0.4, -0.2) is 22.2 Å². The highest BCUT2D eigenvalue weighted by atomic mass is 16.3. The van der Waals surface area contributed by atoms with Crippen LogP contribution in [0.1, 0.15) is 25.8 Å². The van der Waals surface area contributed by atoms with Gasteiger partial charge >= 0.3 is 0 Å². The Morgan fingerprint density at radius 2 is 2.20 bits per heavy atom. The van der Waals surface area contributed by atoms with E-state index in [0.29, 0.717) is 6.42 Å². The number of hydrogen-bond acceptors (Lipinski definition) is 4. The highest BCUT2D eigenvalue weighted by Gasteiger charge is 2.17. The zero-order valence-electron chi connectivity index (χ0n) is 9.54. The number of nitrogen functional groups attached to an aromatic ring is 1. The summed E-state index contributed by atoms with van der Waals surface area (Å²) in [6.07, 6.45) is 2.41. The molecule has 0 saturated carbocycles. The monoisotopic (exact) mass is 209 g/mol. The molecule has 0 radical (unpaired) electrons. The molecule has 0 aliphatic carbocycles. The number of aryl methyl sites for hydroxylation is 1. The lowest BCUT2D eigenvalue weighted by Gasteiger charge is -2.26. The third-order valence-corrected chi connectivity index (χ3v) is 2.35. The molecule has 0 saturated heterocycles. The molecule has 4 nitrogen and oxygen atoms in total. The first-order chi connectivity index (χ1) is 6.94. The van der Waals surface area contributed by atoms with E-state index in [1.807, 2.05) is 26.8 Å². The van der Waals surface area contributed by atoms with Crippen LogP contribution in [-0.2, 0) is 0 Å². The number of rotatable bonds is 4. The van der Waals surface area contributed by atoms with E-state index in [2.05, 4.69) is 10.3 Å². The smallest absolute Gasteiger partial charge is 0.128 e. The van der Waals surface area contributed by atoms with Crippen LogP contribution in [0.2, 0.25) is 0 Å². The van der Waals surface area contributed by atoms with Gasteiger partial charge in [-0.25, -0.2) is 4.98 Å². The minimum absolute atomic E-state index is 0.154. The molecule has 0 bridgehead atoms. The van der Waals surface area contributed by atoms with E-state index in [1.54, 1.807) is 6.20 Å². The molecule has 0 fully saturated rings. The fraction of sp³-hybridized carbons (Fsp3) is 0.545. The lowest BCUT2D eigenvalue weighted by molar-refractivity contribution is 0.260. The first kappa shape index (κ1) is 11.8. The van der Waals surface area contributed by atoms with E-state index in [0.717, 1.165) is 17.1 Å². The maximum Gasteiger partial charge on any atom is 0.128 e. The van der Waals surface area contributed by atoms with Gasteiger partial charge in [0.25, 0.3) is 0 Å². The summed E-state index contributed by atoms with van der Waals surface area (Å²) in [7, 11) is 0. The number of anilines is 2. The van der Waals surface area contributed by atoms with E-state index in [1.165, 1.54) is 0 Å². The molecule has 1 heterocycles. The Morgan fingerprint density at radius 3 is 2.73 bits per heavy atom. The molecule has 0 amide bonds. The molecule has 0 aromatic carbocycles. The molecule has 1 rings (SSSR count). The molecule has 1 aromatic rings. The Hall–Kier alpha value is -1.29. The topological polar surface area (TPSA) is 71.2 Å². The SMILES string of the molecule is Cc1cnc(NC(C)(C)CCO)cc1N. The zero-order chi connectivity index (χ0) is 11.5. The predicted octanol–water partition coefficient (Wildman–Crippen LogP) is 1.55. The summed E-state index contributed by atoms with van der Waals surface area (Å²) in [6, 6.07) is 1.81. The first-order valence-corrected chi connectivity index (χ1v) is 5.06. The number of nitrogens with zero attached hydrogens (tertiary/aromatic N) is 1. The Labute approximate surface area is 90.5 Å². The number of nitrogens with two attached hydrogens (primary N) is 1. The van der Waals surface area contributed by atoms with Crippen molar-refractivity contribution >= 4 is 11.5 Å². The highest BCUT2D eigenvalue weighted by molar-refractivity contribution is 5.54. The third-order valence-electron chi connectivity index (χ3n) is 2.35. The van der Waals surface area contributed by atoms with Crippen LogP contribution >= 0.6 is 0 Å². The summed E-state index contributed by atoms with van der Waals surface area (Å²) in [4.78, 5) is 4.23. The molecule has 1 aromatic heterocycles. The quantitative estimate of drug-likeness (QED) is 0.703. The Bertz CT molecular complexity index is 337. The average Bonchev–Trinajstić information content (AvgIpc) is 2.10. The number of aliphatic hydroxyl groups excluding tert-OH is 1. The zero-order valence-corrected chi connectivity index (χ0v) is 9.54. The van der Waals surface area contributed by atoms with Gasteiger partial charge in [0.1, 0.15) is 5.82 Å². The molecule has 84 valence electrons. The summed E-state index contributed by atoms with van der Waals surface area (Å²) in [6.45, 7) is 6.11. The van der Waals surface area contributed by atoms with E-state index >= 15 is 0 Å². The lowest BCUT2D eigenvalue weighted by atomic mass is 10.0. The fourth-order valence-electron chi connectivity index (χ4n) is 1.30. The van der Waals surface area contributed by atoms with Crippen LogP contribution in [0, 0.1) is 6.92 Å². The number of nitrogens with one attached hydrogen (secondary N) is 1. The first-order valence-electron chi connectivity index (χ1n) is 5.06. The average molecular weight is 209 g/mol. The standard InChI is InChI=1S/C11H19N3O/c1-8-7-13-10(6-9(8)12)14-11(2,3)4-5-15/h6-7,15H,4-5H2,1-3H3,(H3,12,13,14). The number of aromatic nitrogens is 1. The van der Waals surface area contributed by atoms with Crippen molar-refractivity contribution in [2.75, 3.05) is 17.7 Å². The number of hydrogen-bond donors (Lipinski definition) is 3. The van der Waals surface area contributed by atoms with Crippen LogP contribution in [0.4, 0.5) is 11.5 Å². The van der Waals surface area contributed by atoms with Gasteiger partial charge < -0.3 is 16.2 Å². The van der Waals surface area contributed by atoms with Crippen LogP contribution in [0.15, 0.2) is 12.3 Å². The van der Waals surface area contributed by atoms with Crippen LogP contribution < -0.4 is 11.1 Å². The summed E-state index contributed by atoms with van der Waals surface area (Å²) in [5.74, 6) is 0.747. The van der Waals surface area contributed by atoms with Crippen LogP contribution in [0.3, 0.4) is 0 Å². The maximum atomic E-state index is 8.89. The van der Waals surface area contributed by atoms with Gasteiger partial charge in [-0.1, -0.05) is 0 Å². The van der Waals surface area contributed by atoms with Gasteiger partial charge in [-0.05, 0) is 32.8 Å². The van der Waals surface area contributed by atoms with E-state index in [-0.39, 0.29) is 12.1 Å². The molecule has 4 N–H and O–H groups in total. The van der Waals surface area contributed by atoms with Gasteiger partial charge in [0.2, 0.25) is 0 Å². The van der Waals surface area contributed by atoms with Gasteiger partial charge in [-0.15, -0.1) is 0 Å². The molecule has 0 atom stereocenters. The van der Waals surface area contributed by atoms with E-state index in [4.69, 9.17) is 10.8 Å². The van der Waals surface area contributed by atoms with Crippen molar-refractivity contribution in [1.29, 1.82) is 0 Å². The van der Waals surface area contributed by atoms with Crippen molar-refractivity contribution in [1.82, 2.24) is 4.98 Å². The Morgan fingerprint density at radius 1 is 1.53 bits per heavy atom. The van der Waals surface area contributed by atoms with Gasteiger partial charge in [-0.2, -0.15) is 0 Å². The lowest BCUT2D eigenvalue weighted by Crippen LogP contribution is -2.32. The Balaban J connectivity index is 2.76. The Kier molecular flexibility index (Phi) is 3.52. The van der Waals surface area contributed by atoms with Crippen molar-refractivity contribution in [3.8, 4) is 0 Å².